The van der Waals surface area contributed by atoms with Crippen molar-refractivity contribution in [1.82, 2.24) is 0 Å². The molecule has 1 rings (SSSR count). The molecule has 0 saturated carbocycles. The Morgan fingerprint density at radius 3 is 2.52 bits per heavy atom. The van der Waals surface area contributed by atoms with Crippen molar-refractivity contribution in [2.45, 2.75) is 65.8 Å². The van der Waals surface area contributed by atoms with Gasteiger partial charge in [-0.1, -0.05) is 59.3 Å². The molecule has 0 fully saturated rings. The maximum Gasteiger partial charge on any atom is 0.0908 e. The first-order valence-corrected chi connectivity index (χ1v) is 8.69. The summed E-state index contributed by atoms with van der Waals surface area (Å²) in [4.78, 5) is 0. The predicted octanol–water partition coefficient (Wildman–Crippen LogP) is 4.34. The molecule has 4 nitrogen and oxygen atoms in total. The lowest BCUT2D eigenvalue weighted by atomic mass is 9.73. The number of nitrogens with two attached hydrogens (primary N) is 2. The highest BCUT2D eigenvalue weighted by atomic mass is 15.2. The third-order valence-corrected chi connectivity index (χ3v) is 3.92. The van der Waals surface area contributed by atoms with E-state index < -0.39 is 5.54 Å². The SMILES string of the molecule is C=C(N)/C=C(\C=C/C)C1=NN=CC(CCCC)C1(N)CC.CC. The van der Waals surface area contributed by atoms with Crippen LogP contribution < -0.4 is 11.5 Å². The van der Waals surface area contributed by atoms with Gasteiger partial charge in [0.2, 0.25) is 0 Å². The second kappa shape index (κ2) is 10.9. The molecule has 1 heterocycles. The summed E-state index contributed by atoms with van der Waals surface area (Å²) in [7, 11) is 0. The molecular weight excluding hydrogens is 284 g/mol. The summed E-state index contributed by atoms with van der Waals surface area (Å²) in [5.74, 6) is 0.203. The standard InChI is InChI=1S/C17H28N4.C2H6/c1-5-8-10-15-12-20-21-16(17(15,19)7-3)14(9-6-2)11-13(4)18;1-2/h6,9,11-12,15H,4-5,7-8,10,18-19H2,1-3H3;1-2H3/b9-6-,14-11+;. The van der Waals surface area contributed by atoms with Crippen LogP contribution in [0, 0.1) is 5.92 Å². The summed E-state index contributed by atoms with van der Waals surface area (Å²) in [6.07, 6.45) is 11.7. The van der Waals surface area contributed by atoms with Crippen molar-refractivity contribution < 1.29 is 0 Å². The van der Waals surface area contributed by atoms with Crippen LogP contribution in [0.25, 0.3) is 0 Å². The predicted molar refractivity (Wildman–Crippen MR) is 104 cm³/mol. The minimum atomic E-state index is -0.502. The van der Waals surface area contributed by atoms with E-state index in [4.69, 9.17) is 11.5 Å². The average molecular weight is 319 g/mol. The maximum absolute atomic E-state index is 6.73. The molecule has 0 spiro atoms. The number of nitrogens with zero attached hydrogens (tertiary/aromatic N) is 2. The zero-order chi connectivity index (χ0) is 17.9. The lowest BCUT2D eigenvalue weighted by Crippen LogP contribution is -2.56. The van der Waals surface area contributed by atoms with Gasteiger partial charge in [0, 0.05) is 23.4 Å². The van der Waals surface area contributed by atoms with Crippen molar-refractivity contribution in [2.24, 2.45) is 27.6 Å². The third-order valence-electron chi connectivity index (χ3n) is 3.92. The summed E-state index contributed by atoms with van der Waals surface area (Å²) in [6, 6.07) is 0. The van der Waals surface area contributed by atoms with Gasteiger partial charge in [-0.25, -0.2) is 0 Å². The van der Waals surface area contributed by atoms with E-state index >= 15 is 0 Å². The first kappa shape index (κ1) is 21.3. The van der Waals surface area contributed by atoms with Crippen LogP contribution in [0.3, 0.4) is 0 Å². The highest BCUT2D eigenvalue weighted by molar-refractivity contribution is 6.11. The molecule has 0 radical (unpaired) electrons. The molecule has 0 amide bonds. The van der Waals surface area contributed by atoms with Gasteiger partial charge in [-0.15, -0.1) is 0 Å². The maximum atomic E-state index is 6.73. The molecule has 0 bridgehead atoms. The molecule has 23 heavy (non-hydrogen) atoms. The summed E-state index contributed by atoms with van der Waals surface area (Å²) in [5.41, 5.74) is 14.2. The zero-order valence-corrected chi connectivity index (χ0v) is 15.5. The van der Waals surface area contributed by atoms with Crippen molar-refractivity contribution in [3.8, 4) is 0 Å². The van der Waals surface area contributed by atoms with Gasteiger partial charge in [0.1, 0.15) is 0 Å². The molecule has 4 heteroatoms. The lowest BCUT2D eigenvalue weighted by Gasteiger charge is -2.38. The Kier molecular flexibility index (Phi) is 10.1. The monoisotopic (exact) mass is 318 g/mol. The molecule has 0 aromatic heterocycles. The van der Waals surface area contributed by atoms with Crippen LogP contribution in [0.2, 0.25) is 0 Å². The molecule has 0 aliphatic carbocycles. The van der Waals surface area contributed by atoms with E-state index in [1.165, 1.54) is 0 Å². The Morgan fingerprint density at radius 2 is 2.04 bits per heavy atom. The van der Waals surface area contributed by atoms with Gasteiger partial charge < -0.3 is 11.5 Å². The molecule has 4 N–H and O–H groups in total. The Balaban J connectivity index is 0.00000232. The Morgan fingerprint density at radius 1 is 1.39 bits per heavy atom. The average Bonchev–Trinajstić information content (AvgIpc) is 2.55. The van der Waals surface area contributed by atoms with Gasteiger partial charge in [0.15, 0.2) is 0 Å². The summed E-state index contributed by atoms with van der Waals surface area (Å²) < 4.78 is 0. The number of hydrogen-bond acceptors (Lipinski definition) is 4. The van der Waals surface area contributed by atoms with Crippen LogP contribution in [0.1, 0.15) is 60.3 Å². The topological polar surface area (TPSA) is 76.8 Å². The number of rotatable bonds is 7. The summed E-state index contributed by atoms with van der Waals surface area (Å²) in [6.45, 7) is 14.0. The van der Waals surface area contributed by atoms with Gasteiger partial charge in [-0.2, -0.15) is 10.2 Å². The van der Waals surface area contributed by atoms with Gasteiger partial charge in [-0.3, -0.25) is 0 Å². The van der Waals surface area contributed by atoms with Crippen molar-refractivity contribution in [3.63, 3.8) is 0 Å². The third kappa shape index (κ3) is 5.79. The molecule has 130 valence electrons. The number of allylic oxidation sites excluding steroid dienone is 3. The van der Waals surface area contributed by atoms with Crippen molar-refractivity contribution in [2.75, 3.05) is 0 Å². The van der Waals surface area contributed by atoms with Gasteiger partial charge >= 0.3 is 0 Å². The smallest absolute Gasteiger partial charge is 0.0908 e. The fourth-order valence-electron chi connectivity index (χ4n) is 2.66. The van der Waals surface area contributed by atoms with Crippen molar-refractivity contribution >= 4 is 11.9 Å². The first-order chi connectivity index (χ1) is 11.0. The largest absolute Gasteiger partial charge is 0.399 e. The molecule has 0 aromatic carbocycles. The van der Waals surface area contributed by atoms with Crippen LogP contribution in [0.15, 0.2) is 46.3 Å². The van der Waals surface area contributed by atoms with E-state index in [0.717, 1.165) is 37.0 Å². The van der Waals surface area contributed by atoms with Crippen LogP contribution >= 0.6 is 0 Å². The molecule has 0 aromatic rings. The van der Waals surface area contributed by atoms with Gasteiger partial charge in [0.25, 0.3) is 0 Å². The summed E-state index contributed by atoms with van der Waals surface area (Å²) in [5, 5.41) is 8.51. The highest BCUT2D eigenvalue weighted by Gasteiger charge is 2.40. The lowest BCUT2D eigenvalue weighted by molar-refractivity contribution is 0.400. The highest BCUT2D eigenvalue weighted by Crippen LogP contribution is 2.30. The molecule has 1 aliphatic heterocycles. The fraction of sp³-hybridized carbons (Fsp3) is 0.579. The molecule has 2 atom stereocenters. The molecular formula is C19H34N4. The quantitative estimate of drug-likeness (QED) is 0.685. The zero-order valence-electron chi connectivity index (χ0n) is 15.5. The van der Waals surface area contributed by atoms with Crippen molar-refractivity contribution in [3.05, 3.63) is 36.1 Å². The van der Waals surface area contributed by atoms with Gasteiger partial charge in [-0.05, 0) is 25.8 Å². The first-order valence-electron chi connectivity index (χ1n) is 8.69. The van der Waals surface area contributed by atoms with Crippen LogP contribution in [-0.2, 0) is 0 Å². The van der Waals surface area contributed by atoms with Gasteiger partial charge in [0.05, 0.1) is 11.3 Å². The number of hydrogen-bond donors (Lipinski definition) is 2. The Bertz CT molecular complexity index is 486. The van der Waals surface area contributed by atoms with Crippen molar-refractivity contribution in [1.29, 1.82) is 0 Å². The fourth-order valence-corrected chi connectivity index (χ4v) is 2.66. The van der Waals surface area contributed by atoms with E-state index in [9.17, 15) is 0 Å². The Labute approximate surface area is 142 Å². The van der Waals surface area contributed by atoms with E-state index in [0.29, 0.717) is 5.70 Å². The second-order valence-electron chi connectivity index (χ2n) is 5.53. The number of unbranched alkanes of at least 4 members (excludes halogenated alkanes) is 1. The molecule has 2 unspecified atom stereocenters. The Hall–Kier alpha value is -1.68. The van der Waals surface area contributed by atoms with E-state index in [-0.39, 0.29) is 5.92 Å². The second-order valence-corrected chi connectivity index (χ2v) is 5.53. The van der Waals surface area contributed by atoms with Crippen LogP contribution in [0.5, 0.6) is 0 Å². The van der Waals surface area contributed by atoms with Crippen LogP contribution in [0.4, 0.5) is 0 Å². The minimum absolute atomic E-state index is 0.203. The molecule has 0 saturated heterocycles. The van der Waals surface area contributed by atoms with E-state index in [1.807, 2.05) is 45.2 Å². The molecule has 1 aliphatic rings. The minimum Gasteiger partial charge on any atom is -0.399 e. The normalized spacial score (nSPS) is 24.2. The van der Waals surface area contributed by atoms with E-state index in [1.54, 1.807) is 0 Å². The van der Waals surface area contributed by atoms with E-state index in [2.05, 4.69) is 30.6 Å². The summed E-state index contributed by atoms with van der Waals surface area (Å²) >= 11 is 0. The van der Waals surface area contributed by atoms with Crippen LogP contribution in [-0.4, -0.2) is 17.5 Å².